The molecule has 4 rings (SSSR count). The Balaban J connectivity index is 1.63. The monoisotopic (exact) mass is 393 g/mol. The zero-order chi connectivity index (χ0) is 17.2. The van der Waals surface area contributed by atoms with Crippen molar-refractivity contribution in [2.75, 3.05) is 0 Å². The summed E-state index contributed by atoms with van der Waals surface area (Å²) in [4.78, 5) is 12.3. The highest BCUT2D eigenvalue weighted by molar-refractivity contribution is 9.10. The van der Waals surface area contributed by atoms with Gasteiger partial charge in [-0.2, -0.15) is 0 Å². The van der Waals surface area contributed by atoms with E-state index >= 15 is 0 Å². The average molecular weight is 394 g/mol. The first-order valence-corrected chi connectivity index (χ1v) is 8.52. The molecule has 25 heavy (non-hydrogen) atoms. The van der Waals surface area contributed by atoms with Crippen molar-refractivity contribution in [2.24, 2.45) is 4.99 Å². The van der Waals surface area contributed by atoms with E-state index in [0.717, 1.165) is 32.3 Å². The Morgan fingerprint density at radius 1 is 0.960 bits per heavy atom. The maximum absolute atomic E-state index is 13.1. The Morgan fingerprint density at radius 2 is 1.72 bits per heavy atom. The van der Waals surface area contributed by atoms with Gasteiger partial charge in [0, 0.05) is 16.3 Å². The van der Waals surface area contributed by atoms with Crippen molar-refractivity contribution in [3.8, 4) is 11.4 Å². The molecule has 1 heterocycles. The molecule has 0 spiro atoms. The molecule has 0 aliphatic rings. The van der Waals surface area contributed by atoms with Crippen molar-refractivity contribution in [1.82, 2.24) is 9.97 Å². The molecule has 0 fully saturated rings. The number of imidazole rings is 1. The summed E-state index contributed by atoms with van der Waals surface area (Å²) in [5.74, 6) is 0.452. The Labute approximate surface area is 152 Å². The molecular formula is C20H13BrFN3. The van der Waals surface area contributed by atoms with Gasteiger partial charge < -0.3 is 4.98 Å². The second-order valence-corrected chi connectivity index (χ2v) is 6.52. The first kappa shape index (κ1) is 15.7. The number of rotatable bonds is 3. The van der Waals surface area contributed by atoms with Gasteiger partial charge in [-0.3, -0.25) is 4.99 Å². The molecule has 0 bridgehead atoms. The van der Waals surface area contributed by atoms with Crippen LogP contribution in [0.25, 0.3) is 22.4 Å². The Hall–Kier alpha value is -2.79. The first-order chi connectivity index (χ1) is 12.2. The Morgan fingerprint density at radius 3 is 2.48 bits per heavy atom. The van der Waals surface area contributed by atoms with Crippen molar-refractivity contribution >= 4 is 38.9 Å². The molecule has 0 atom stereocenters. The summed E-state index contributed by atoms with van der Waals surface area (Å²) in [7, 11) is 0. The fourth-order valence-corrected chi connectivity index (χ4v) is 2.78. The topological polar surface area (TPSA) is 41.0 Å². The van der Waals surface area contributed by atoms with Crippen LogP contribution < -0.4 is 0 Å². The Bertz CT molecular complexity index is 1050. The lowest BCUT2D eigenvalue weighted by molar-refractivity contribution is 0.628. The van der Waals surface area contributed by atoms with Crippen LogP contribution in [0.2, 0.25) is 0 Å². The minimum absolute atomic E-state index is 0.260. The zero-order valence-corrected chi connectivity index (χ0v) is 14.7. The molecule has 122 valence electrons. The van der Waals surface area contributed by atoms with Gasteiger partial charge in [0.05, 0.1) is 16.7 Å². The molecule has 5 heteroatoms. The zero-order valence-electron chi connectivity index (χ0n) is 13.1. The van der Waals surface area contributed by atoms with Crippen molar-refractivity contribution in [1.29, 1.82) is 0 Å². The van der Waals surface area contributed by atoms with Crippen LogP contribution in [-0.4, -0.2) is 16.2 Å². The number of nitrogens with one attached hydrogen (secondary N) is 1. The maximum atomic E-state index is 13.1. The van der Waals surface area contributed by atoms with Crippen LogP contribution in [-0.2, 0) is 0 Å². The highest BCUT2D eigenvalue weighted by Gasteiger charge is 2.06. The smallest absolute Gasteiger partial charge is 0.138 e. The van der Waals surface area contributed by atoms with E-state index in [1.807, 2.05) is 48.7 Å². The Kier molecular flexibility index (Phi) is 4.15. The highest BCUT2D eigenvalue weighted by atomic mass is 79.9. The fourth-order valence-electron chi connectivity index (χ4n) is 2.52. The molecule has 0 saturated heterocycles. The first-order valence-electron chi connectivity index (χ1n) is 7.73. The lowest BCUT2D eigenvalue weighted by Gasteiger charge is -1.96. The second kappa shape index (κ2) is 6.61. The fraction of sp³-hybridized carbons (Fsp3) is 0. The van der Waals surface area contributed by atoms with E-state index in [9.17, 15) is 4.39 Å². The van der Waals surface area contributed by atoms with Gasteiger partial charge in [-0.25, -0.2) is 9.37 Å². The minimum Gasteiger partial charge on any atom is -0.338 e. The van der Waals surface area contributed by atoms with Crippen LogP contribution >= 0.6 is 15.9 Å². The van der Waals surface area contributed by atoms with Gasteiger partial charge in [0.25, 0.3) is 0 Å². The summed E-state index contributed by atoms with van der Waals surface area (Å²) in [6.07, 6.45) is 1.82. The highest BCUT2D eigenvalue weighted by Crippen LogP contribution is 2.24. The molecule has 0 aliphatic heterocycles. The SMILES string of the molecule is Fc1ccc(-c2nc3ccc(N=Cc4ccc(Br)cc4)cc3[nH]2)cc1. The molecule has 0 unspecified atom stereocenters. The third kappa shape index (κ3) is 3.51. The second-order valence-electron chi connectivity index (χ2n) is 5.60. The van der Waals surface area contributed by atoms with E-state index in [1.165, 1.54) is 12.1 Å². The van der Waals surface area contributed by atoms with Crippen molar-refractivity contribution in [3.05, 3.63) is 82.6 Å². The third-order valence-electron chi connectivity index (χ3n) is 3.82. The number of halogens is 2. The van der Waals surface area contributed by atoms with Gasteiger partial charge in [0.1, 0.15) is 11.6 Å². The van der Waals surface area contributed by atoms with E-state index in [-0.39, 0.29) is 5.82 Å². The summed E-state index contributed by atoms with van der Waals surface area (Å²) in [5, 5.41) is 0. The molecular weight excluding hydrogens is 381 g/mol. The molecule has 0 aliphatic carbocycles. The van der Waals surface area contributed by atoms with Gasteiger partial charge in [-0.15, -0.1) is 0 Å². The summed E-state index contributed by atoms with van der Waals surface area (Å²) >= 11 is 3.42. The predicted molar refractivity (Wildman–Crippen MR) is 103 cm³/mol. The number of aliphatic imine (C=N–C) groups is 1. The summed E-state index contributed by atoms with van der Waals surface area (Å²) in [5.41, 5.74) is 4.45. The lowest BCUT2D eigenvalue weighted by atomic mass is 10.2. The van der Waals surface area contributed by atoms with Gasteiger partial charge >= 0.3 is 0 Å². The van der Waals surface area contributed by atoms with Crippen LogP contribution in [0.4, 0.5) is 10.1 Å². The third-order valence-corrected chi connectivity index (χ3v) is 4.34. The average Bonchev–Trinajstić information content (AvgIpc) is 3.05. The number of fused-ring (bicyclic) bond motifs is 1. The lowest BCUT2D eigenvalue weighted by Crippen LogP contribution is -1.80. The van der Waals surface area contributed by atoms with E-state index in [1.54, 1.807) is 12.1 Å². The van der Waals surface area contributed by atoms with Gasteiger partial charge in [0.15, 0.2) is 0 Å². The van der Waals surface area contributed by atoms with E-state index in [4.69, 9.17) is 0 Å². The molecule has 3 aromatic carbocycles. The molecule has 0 amide bonds. The van der Waals surface area contributed by atoms with Crippen molar-refractivity contribution < 1.29 is 4.39 Å². The van der Waals surface area contributed by atoms with Gasteiger partial charge in [-0.05, 0) is 60.2 Å². The molecule has 1 aromatic heterocycles. The number of hydrogen-bond acceptors (Lipinski definition) is 2. The number of hydrogen-bond donors (Lipinski definition) is 1. The number of aromatic amines is 1. The van der Waals surface area contributed by atoms with Gasteiger partial charge in [-0.1, -0.05) is 28.1 Å². The standard InChI is InChI=1S/C20H13BrFN3/c21-15-5-1-13(2-6-15)12-23-17-9-10-18-19(11-17)25-20(24-18)14-3-7-16(22)8-4-14/h1-12H,(H,24,25). The van der Waals surface area contributed by atoms with Crippen LogP contribution in [0, 0.1) is 5.82 Å². The molecule has 0 saturated carbocycles. The molecule has 1 N–H and O–H groups in total. The van der Waals surface area contributed by atoms with E-state index in [2.05, 4.69) is 30.9 Å². The molecule has 3 nitrogen and oxygen atoms in total. The molecule has 4 aromatic rings. The van der Waals surface area contributed by atoms with E-state index in [0.29, 0.717) is 5.82 Å². The van der Waals surface area contributed by atoms with Crippen LogP contribution in [0.1, 0.15) is 5.56 Å². The van der Waals surface area contributed by atoms with E-state index < -0.39 is 0 Å². The maximum Gasteiger partial charge on any atom is 0.138 e. The summed E-state index contributed by atoms with van der Waals surface area (Å²) < 4.78 is 14.1. The number of aromatic nitrogens is 2. The van der Waals surface area contributed by atoms with Crippen LogP contribution in [0.15, 0.2) is 76.2 Å². The number of benzene rings is 3. The largest absolute Gasteiger partial charge is 0.338 e. The van der Waals surface area contributed by atoms with Crippen molar-refractivity contribution in [2.45, 2.75) is 0 Å². The van der Waals surface area contributed by atoms with Crippen LogP contribution in [0.5, 0.6) is 0 Å². The number of nitrogens with zero attached hydrogens (tertiary/aromatic N) is 2. The minimum atomic E-state index is -0.260. The number of H-pyrrole nitrogens is 1. The van der Waals surface area contributed by atoms with Gasteiger partial charge in [0.2, 0.25) is 0 Å². The summed E-state index contributed by atoms with van der Waals surface area (Å²) in [6.45, 7) is 0. The van der Waals surface area contributed by atoms with Crippen molar-refractivity contribution in [3.63, 3.8) is 0 Å². The normalized spacial score (nSPS) is 11.4. The summed E-state index contributed by atoms with van der Waals surface area (Å²) in [6, 6.07) is 20.0. The quantitative estimate of drug-likeness (QED) is 0.433. The predicted octanol–water partition coefficient (Wildman–Crippen LogP) is 5.88. The van der Waals surface area contributed by atoms with Crippen LogP contribution in [0.3, 0.4) is 0 Å². The molecule has 0 radical (unpaired) electrons.